The third-order valence-electron chi connectivity index (χ3n) is 1.73. The fraction of sp³-hybridized carbons (Fsp3) is 1.00. The van der Waals surface area contributed by atoms with Crippen molar-refractivity contribution in [1.29, 1.82) is 0 Å². The van der Waals surface area contributed by atoms with Gasteiger partial charge in [0.1, 0.15) is 0 Å². The fourth-order valence-corrected chi connectivity index (χ4v) is 0.782. The van der Waals surface area contributed by atoms with Gasteiger partial charge in [-0.25, -0.2) is 0 Å². The third-order valence-corrected chi connectivity index (χ3v) is 1.73. The number of hydrogen-bond acceptors (Lipinski definition) is 2. The summed E-state index contributed by atoms with van der Waals surface area (Å²) < 4.78 is 5.43. The van der Waals surface area contributed by atoms with E-state index in [2.05, 4.69) is 19.0 Å². The van der Waals surface area contributed by atoms with Crippen molar-refractivity contribution < 1.29 is 4.74 Å². The average Bonchev–Trinajstić information content (AvgIpc) is 2.62. The molecule has 0 saturated heterocycles. The van der Waals surface area contributed by atoms with E-state index < -0.39 is 0 Å². The molecule has 0 spiro atoms. The summed E-state index contributed by atoms with van der Waals surface area (Å²) in [5, 5.41) is 0. The summed E-state index contributed by atoms with van der Waals surface area (Å²) in [4.78, 5) is 2.15. The van der Waals surface area contributed by atoms with Gasteiger partial charge >= 0.3 is 0 Å². The van der Waals surface area contributed by atoms with Gasteiger partial charge in [-0.1, -0.05) is 0 Å². The molecular weight excluding hydrogens is 126 g/mol. The molecule has 2 nitrogen and oxygen atoms in total. The van der Waals surface area contributed by atoms with Gasteiger partial charge in [0.2, 0.25) is 0 Å². The van der Waals surface area contributed by atoms with Gasteiger partial charge in [-0.2, -0.15) is 0 Å². The summed E-state index contributed by atoms with van der Waals surface area (Å²) in [6.45, 7) is 2.93. The van der Waals surface area contributed by atoms with Gasteiger partial charge in [0.15, 0.2) is 0 Å². The second-order valence-corrected chi connectivity index (χ2v) is 3.32. The minimum atomic E-state index is 0.892. The molecule has 0 aromatic carbocycles. The normalized spacial score (nSPS) is 18.3. The van der Waals surface area contributed by atoms with Gasteiger partial charge in [-0.3, -0.25) is 0 Å². The molecule has 10 heavy (non-hydrogen) atoms. The SMILES string of the molecule is CN(C)CCOCC1CC1. The molecule has 0 bridgehead atoms. The minimum absolute atomic E-state index is 0.892. The summed E-state index contributed by atoms with van der Waals surface area (Å²) in [7, 11) is 4.14. The van der Waals surface area contributed by atoms with E-state index in [0.29, 0.717) is 0 Å². The highest BCUT2D eigenvalue weighted by atomic mass is 16.5. The number of nitrogens with zero attached hydrogens (tertiary/aromatic N) is 1. The molecule has 1 saturated carbocycles. The Kier molecular flexibility index (Phi) is 3.16. The zero-order chi connectivity index (χ0) is 7.40. The molecule has 0 atom stereocenters. The zero-order valence-corrected chi connectivity index (χ0v) is 6.97. The molecule has 0 aromatic rings. The molecule has 1 fully saturated rings. The van der Waals surface area contributed by atoms with Crippen LogP contribution in [0, 0.1) is 5.92 Å². The molecule has 0 unspecified atom stereocenters. The maximum Gasteiger partial charge on any atom is 0.0593 e. The van der Waals surface area contributed by atoms with Gasteiger partial charge in [-0.15, -0.1) is 0 Å². The predicted molar refractivity (Wildman–Crippen MR) is 42.1 cm³/mol. The van der Waals surface area contributed by atoms with Crippen molar-refractivity contribution in [3.63, 3.8) is 0 Å². The molecule has 0 aromatic heterocycles. The lowest BCUT2D eigenvalue weighted by atomic mass is 10.5. The first kappa shape index (κ1) is 8.02. The van der Waals surface area contributed by atoms with Gasteiger partial charge in [0.05, 0.1) is 6.61 Å². The maximum absolute atomic E-state index is 5.43. The molecule has 2 heteroatoms. The van der Waals surface area contributed by atoms with E-state index in [9.17, 15) is 0 Å². The van der Waals surface area contributed by atoms with E-state index in [4.69, 9.17) is 4.74 Å². The molecule has 60 valence electrons. The Balaban J connectivity index is 1.76. The average molecular weight is 143 g/mol. The van der Waals surface area contributed by atoms with E-state index in [1.807, 2.05) is 0 Å². The Bertz CT molecular complexity index is 85.3. The quantitative estimate of drug-likeness (QED) is 0.532. The van der Waals surface area contributed by atoms with Crippen LogP contribution >= 0.6 is 0 Å². The third kappa shape index (κ3) is 3.85. The lowest BCUT2D eigenvalue weighted by Gasteiger charge is -2.08. The Morgan fingerprint density at radius 1 is 1.40 bits per heavy atom. The van der Waals surface area contributed by atoms with E-state index in [1.165, 1.54) is 12.8 Å². The Hall–Kier alpha value is -0.0800. The molecule has 0 heterocycles. The van der Waals surface area contributed by atoms with Crippen LogP contribution in [0.1, 0.15) is 12.8 Å². The van der Waals surface area contributed by atoms with E-state index in [-0.39, 0.29) is 0 Å². The molecule has 1 rings (SSSR count). The van der Waals surface area contributed by atoms with Crippen LogP contribution in [-0.4, -0.2) is 38.8 Å². The van der Waals surface area contributed by atoms with Crippen LogP contribution in [0.2, 0.25) is 0 Å². The lowest BCUT2D eigenvalue weighted by Crippen LogP contribution is -2.18. The highest BCUT2D eigenvalue weighted by Gasteiger charge is 2.20. The van der Waals surface area contributed by atoms with Crippen molar-refractivity contribution in [2.75, 3.05) is 33.9 Å². The summed E-state index contributed by atoms with van der Waals surface area (Å²) in [6, 6.07) is 0. The molecular formula is C8H17NO. The van der Waals surface area contributed by atoms with E-state index >= 15 is 0 Å². The van der Waals surface area contributed by atoms with Crippen LogP contribution < -0.4 is 0 Å². The fourth-order valence-electron chi connectivity index (χ4n) is 0.782. The standard InChI is InChI=1S/C8H17NO/c1-9(2)5-6-10-7-8-3-4-8/h8H,3-7H2,1-2H3. The van der Waals surface area contributed by atoms with Gasteiger partial charge in [-0.05, 0) is 32.9 Å². The molecule has 0 radical (unpaired) electrons. The monoisotopic (exact) mass is 143 g/mol. The topological polar surface area (TPSA) is 12.5 Å². The first-order valence-electron chi connectivity index (χ1n) is 4.01. The van der Waals surface area contributed by atoms with Crippen LogP contribution in [0.4, 0.5) is 0 Å². The second kappa shape index (κ2) is 3.94. The first-order valence-corrected chi connectivity index (χ1v) is 4.01. The molecule has 0 amide bonds. The van der Waals surface area contributed by atoms with Crippen LogP contribution in [0.3, 0.4) is 0 Å². The smallest absolute Gasteiger partial charge is 0.0593 e. The zero-order valence-electron chi connectivity index (χ0n) is 6.97. The van der Waals surface area contributed by atoms with Crippen LogP contribution in [-0.2, 0) is 4.74 Å². The molecule has 1 aliphatic carbocycles. The minimum Gasteiger partial charge on any atom is -0.380 e. The van der Waals surface area contributed by atoms with Crippen molar-refractivity contribution in [2.24, 2.45) is 5.92 Å². The van der Waals surface area contributed by atoms with Crippen molar-refractivity contribution in [2.45, 2.75) is 12.8 Å². The van der Waals surface area contributed by atoms with Crippen LogP contribution in [0.15, 0.2) is 0 Å². The summed E-state index contributed by atoms with van der Waals surface area (Å²) in [6.07, 6.45) is 2.78. The van der Waals surface area contributed by atoms with Crippen molar-refractivity contribution in [1.82, 2.24) is 4.90 Å². The Morgan fingerprint density at radius 2 is 2.10 bits per heavy atom. The Morgan fingerprint density at radius 3 is 2.60 bits per heavy atom. The predicted octanol–water partition coefficient (Wildman–Crippen LogP) is 0.975. The highest BCUT2D eigenvalue weighted by Crippen LogP contribution is 2.28. The van der Waals surface area contributed by atoms with E-state index in [0.717, 1.165) is 25.7 Å². The molecule has 0 N–H and O–H groups in total. The van der Waals surface area contributed by atoms with Crippen molar-refractivity contribution in [3.05, 3.63) is 0 Å². The van der Waals surface area contributed by atoms with Crippen molar-refractivity contribution >= 4 is 0 Å². The highest BCUT2D eigenvalue weighted by molar-refractivity contribution is 4.71. The molecule has 1 aliphatic rings. The van der Waals surface area contributed by atoms with Gasteiger partial charge in [0.25, 0.3) is 0 Å². The number of likely N-dealkylation sites (N-methyl/N-ethyl adjacent to an activating group) is 1. The van der Waals surface area contributed by atoms with Gasteiger partial charge < -0.3 is 9.64 Å². The molecule has 0 aliphatic heterocycles. The van der Waals surface area contributed by atoms with Crippen LogP contribution in [0.25, 0.3) is 0 Å². The van der Waals surface area contributed by atoms with Crippen LogP contribution in [0.5, 0.6) is 0 Å². The Labute approximate surface area is 63.2 Å². The summed E-state index contributed by atoms with van der Waals surface area (Å²) in [5.74, 6) is 0.905. The van der Waals surface area contributed by atoms with E-state index in [1.54, 1.807) is 0 Å². The second-order valence-electron chi connectivity index (χ2n) is 3.32. The summed E-state index contributed by atoms with van der Waals surface area (Å²) in [5.41, 5.74) is 0. The first-order chi connectivity index (χ1) is 4.79. The van der Waals surface area contributed by atoms with Gasteiger partial charge in [0, 0.05) is 13.2 Å². The number of hydrogen-bond donors (Lipinski definition) is 0. The maximum atomic E-state index is 5.43. The number of rotatable bonds is 5. The lowest BCUT2D eigenvalue weighted by molar-refractivity contribution is 0.109. The van der Waals surface area contributed by atoms with Crippen molar-refractivity contribution in [3.8, 4) is 0 Å². The largest absolute Gasteiger partial charge is 0.380 e. The number of ether oxygens (including phenoxy) is 1. The summed E-state index contributed by atoms with van der Waals surface area (Å²) >= 11 is 0.